The fraction of sp³-hybridized carbons (Fsp3) is 0.254. The lowest BCUT2D eigenvalue weighted by Gasteiger charge is -2.29. The van der Waals surface area contributed by atoms with Crippen LogP contribution in [0.4, 0.5) is 0 Å². The van der Waals surface area contributed by atoms with E-state index in [4.69, 9.17) is 9.41 Å². The molecule has 1 atom stereocenters. The number of allylic oxidation sites excluding steroid dienone is 5. The molecule has 0 N–H and O–H groups in total. The third kappa shape index (κ3) is 13.9. The van der Waals surface area contributed by atoms with Crippen molar-refractivity contribution >= 4 is 50.6 Å². The lowest BCUT2D eigenvalue weighted by Crippen LogP contribution is -2.15. The molecule has 0 spiro atoms. The molecule has 7 aromatic carbocycles. The number of benzene rings is 7. The Bertz CT molecular complexity index is 3230. The van der Waals surface area contributed by atoms with Gasteiger partial charge in [0.2, 0.25) is 0 Å². The standard InChI is InChI=1S/C32H36.C26H25NO.C9H10.C2H6.C2H2/c1-7-19-32(5,6)29-18-10-9-14-24(29)20-26-21-25-15-12-16-27(22(3)8-2)31(25)30-23(4)13-11-17-28(26)30;1-4-9-24(27-23(5-2)19-11-8-10-18(3)16-19)20-14-15-22-21-12-6-7-13-25(21)28-26(22)17-20;1-8(2)9-6-4-3-5-7-9;2*1-2/h7,9-20,22H,8,21H2,1-6H3;6-17H,4-5H2,1-3H3;3-7H,1H2,2H3;1-2H3;1-2H/b19-7+,26-20-;24-9+,27-23?;;;/t22-;;;;/m1..../s1. The normalized spacial score (nSPS) is 13.0. The summed E-state index contributed by atoms with van der Waals surface area (Å²) in [5.74, 6) is 0.560. The zero-order chi connectivity index (χ0) is 53.1. The van der Waals surface area contributed by atoms with E-state index < -0.39 is 0 Å². The highest BCUT2D eigenvalue weighted by molar-refractivity contribution is 6.07. The summed E-state index contributed by atoms with van der Waals surface area (Å²) < 4.78 is 6.08. The Morgan fingerprint density at radius 2 is 1.37 bits per heavy atom. The van der Waals surface area contributed by atoms with E-state index in [0.29, 0.717) is 5.92 Å². The first-order chi connectivity index (χ1) is 35.4. The number of furan rings is 1. The number of aliphatic imine (C=N–C) groups is 1. The molecule has 9 rings (SSSR count). The molecule has 2 nitrogen and oxygen atoms in total. The van der Waals surface area contributed by atoms with Gasteiger partial charge in [-0.2, -0.15) is 0 Å². The SMILES string of the molecule is C#C.C/C=C/C(C)(C)c1ccccc1/C=C1/Cc2cccc([C@H](C)CC)c2-c2c(C)cccc21.C=C(C)c1ccccc1.CC.CC/C=C(/N=C(CC)c1cccc(C)c1)c1ccc2c(c1)oc1ccccc12. The average molecular weight is 962 g/mol. The quantitative estimate of drug-likeness (QED) is 0.0720. The van der Waals surface area contributed by atoms with Crippen LogP contribution < -0.4 is 0 Å². The zero-order valence-electron chi connectivity index (χ0n) is 45.9. The molecule has 1 aliphatic carbocycles. The Morgan fingerprint density at radius 1 is 0.712 bits per heavy atom. The van der Waals surface area contributed by atoms with Gasteiger partial charge in [0, 0.05) is 27.5 Å². The molecular formula is C71H79NO. The van der Waals surface area contributed by atoms with E-state index in [2.05, 4.69) is 227 Å². The van der Waals surface area contributed by atoms with E-state index in [-0.39, 0.29) is 5.41 Å². The van der Waals surface area contributed by atoms with E-state index >= 15 is 0 Å². The Morgan fingerprint density at radius 3 is 2.04 bits per heavy atom. The Labute approximate surface area is 440 Å². The second kappa shape index (κ2) is 27.4. The van der Waals surface area contributed by atoms with Crippen LogP contribution in [0.25, 0.3) is 56.0 Å². The number of fused-ring (bicyclic) bond motifs is 6. The molecule has 0 radical (unpaired) electrons. The van der Waals surface area contributed by atoms with E-state index in [0.717, 1.165) is 70.2 Å². The van der Waals surface area contributed by atoms with Crippen LogP contribution in [0.3, 0.4) is 0 Å². The molecule has 8 aromatic rings. The van der Waals surface area contributed by atoms with Gasteiger partial charge < -0.3 is 4.42 Å². The van der Waals surface area contributed by atoms with Gasteiger partial charge in [0.15, 0.2) is 0 Å². The topological polar surface area (TPSA) is 25.5 Å². The maximum Gasteiger partial charge on any atom is 0.136 e. The average Bonchev–Trinajstić information content (AvgIpc) is 3.79. The summed E-state index contributed by atoms with van der Waals surface area (Å²) in [5, 5.41) is 2.30. The number of nitrogens with zero attached hydrogens (tertiary/aromatic N) is 1. The molecule has 0 saturated heterocycles. The van der Waals surface area contributed by atoms with Crippen molar-refractivity contribution in [3.8, 4) is 24.0 Å². The zero-order valence-corrected chi connectivity index (χ0v) is 45.9. The van der Waals surface area contributed by atoms with Gasteiger partial charge in [-0.15, -0.1) is 12.8 Å². The van der Waals surface area contributed by atoms with E-state index in [9.17, 15) is 0 Å². The monoisotopic (exact) mass is 962 g/mol. The van der Waals surface area contributed by atoms with Crippen molar-refractivity contribution in [3.63, 3.8) is 0 Å². The Balaban J connectivity index is 0.000000220. The van der Waals surface area contributed by atoms with Crippen LogP contribution in [0.2, 0.25) is 0 Å². The molecule has 0 bridgehead atoms. The van der Waals surface area contributed by atoms with Crippen molar-refractivity contribution in [1.29, 1.82) is 0 Å². The summed E-state index contributed by atoms with van der Waals surface area (Å²) in [6.45, 7) is 29.9. The molecule has 0 unspecified atom stereocenters. The van der Waals surface area contributed by atoms with Gasteiger partial charge in [-0.3, -0.25) is 4.99 Å². The highest BCUT2D eigenvalue weighted by atomic mass is 16.3. The number of hydrogen-bond acceptors (Lipinski definition) is 2. The molecule has 2 heteroatoms. The number of hydrogen-bond donors (Lipinski definition) is 0. The Kier molecular flexibility index (Phi) is 21.2. The van der Waals surface area contributed by atoms with Gasteiger partial charge in [0.25, 0.3) is 0 Å². The molecule has 1 aliphatic rings. The Hall–Kier alpha value is -7.47. The van der Waals surface area contributed by atoms with Crippen LogP contribution in [0, 0.1) is 26.7 Å². The van der Waals surface area contributed by atoms with Gasteiger partial charge in [-0.25, -0.2) is 0 Å². The number of terminal acetylenes is 1. The molecule has 0 amide bonds. The van der Waals surface area contributed by atoms with Gasteiger partial charge in [-0.1, -0.05) is 237 Å². The fourth-order valence-corrected chi connectivity index (χ4v) is 9.65. The molecule has 374 valence electrons. The highest BCUT2D eigenvalue weighted by Gasteiger charge is 2.26. The number of aryl methyl sites for hydroxylation is 2. The lowest BCUT2D eigenvalue weighted by atomic mass is 9.75. The van der Waals surface area contributed by atoms with Gasteiger partial charge in [0.05, 0.1) is 5.70 Å². The molecule has 0 fully saturated rings. The molecule has 73 heavy (non-hydrogen) atoms. The highest BCUT2D eigenvalue weighted by Crippen LogP contribution is 2.46. The van der Waals surface area contributed by atoms with Gasteiger partial charge in [-0.05, 0) is 139 Å². The van der Waals surface area contributed by atoms with Crippen molar-refractivity contribution in [2.24, 2.45) is 4.99 Å². The van der Waals surface area contributed by atoms with E-state index in [1.165, 1.54) is 66.8 Å². The molecular weight excluding hydrogens is 883 g/mol. The molecule has 1 aromatic heterocycles. The van der Waals surface area contributed by atoms with Crippen molar-refractivity contribution < 1.29 is 4.42 Å². The lowest BCUT2D eigenvalue weighted by molar-refractivity contribution is 0.667. The molecule has 0 saturated carbocycles. The first kappa shape index (κ1) is 56.4. The second-order valence-corrected chi connectivity index (χ2v) is 19.1. The van der Waals surface area contributed by atoms with E-state index in [1.807, 2.05) is 57.2 Å². The summed E-state index contributed by atoms with van der Waals surface area (Å²) in [6.07, 6.45) is 21.1. The largest absolute Gasteiger partial charge is 0.456 e. The minimum Gasteiger partial charge on any atom is -0.456 e. The van der Waals surface area contributed by atoms with Crippen molar-refractivity contribution in [2.45, 2.75) is 120 Å². The summed E-state index contributed by atoms with van der Waals surface area (Å²) >= 11 is 0. The maximum atomic E-state index is 6.08. The smallest absolute Gasteiger partial charge is 0.136 e. The van der Waals surface area contributed by atoms with E-state index in [1.54, 1.807) is 0 Å². The van der Waals surface area contributed by atoms with Crippen LogP contribution in [0.1, 0.15) is 150 Å². The number of rotatable bonds is 11. The second-order valence-electron chi connectivity index (χ2n) is 19.1. The summed E-state index contributed by atoms with van der Waals surface area (Å²) in [6, 6.07) is 55.9. The van der Waals surface area contributed by atoms with Gasteiger partial charge >= 0.3 is 0 Å². The summed E-state index contributed by atoms with van der Waals surface area (Å²) in [7, 11) is 0. The predicted octanol–water partition coefficient (Wildman–Crippen LogP) is 20.7. The van der Waals surface area contributed by atoms with Crippen molar-refractivity contribution in [2.75, 3.05) is 0 Å². The van der Waals surface area contributed by atoms with Crippen LogP contribution in [-0.2, 0) is 11.8 Å². The van der Waals surface area contributed by atoms with Crippen LogP contribution >= 0.6 is 0 Å². The maximum absolute atomic E-state index is 6.08. The fourth-order valence-electron chi connectivity index (χ4n) is 9.65. The van der Waals surface area contributed by atoms with Gasteiger partial charge in [0.1, 0.15) is 11.2 Å². The summed E-state index contributed by atoms with van der Waals surface area (Å²) in [4.78, 5) is 5.06. The first-order valence-corrected chi connectivity index (χ1v) is 26.3. The van der Waals surface area contributed by atoms with Crippen molar-refractivity contribution in [3.05, 3.63) is 238 Å². The molecule has 0 aliphatic heterocycles. The van der Waals surface area contributed by atoms with Crippen LogP contribution in [0.15, 0.2) is 192 Å². The van der Waals surface area contributed by atoms with Crippen LogP contribution in [0.5, 0.6) is 0 Å². The first-order valence-electron chi connectivity index (χ1n) is 26.3. The summed E-state index contributed by atoms with van der Waals surface area (Å²) in [5.41, 5.74) is 22.5. The molecule has 1 heterocycles. The van der Waals surface area contributed by atoms with Crippen molar-refractivity contribution in [1.82, 2.24) is 0 Å². The minimum absolute atomic E-state index is 0.00581. The third-order valence-corrected chi connectivity index (χ3v) is 13.4. The van der Waals surface area contributed by atoms with Crippen LogP contribution in [-0.4, -0.2) is 5.71 Å². The number of para-hydroxylation sites is 1. The third-order valence-electron chi connectivity index (χ3n) is 13.4. The predicted molar refractivity (Wildman–Crippen MR) is 324 cm³/mol. The minimum atomic E-state index is -0.00581.